The number of piperazine rings is 1. The zero-order valence-electron chi connectivity index (χ0n) is 10.2. The fourth-order valence-electron chi connectivity index (χ4n) is 1.96. The van der Waals surface area contributed by atoms with Crippen LogP contribution in [0.4, 0.5) is 0 Å². The molecule has 16 heavy (non-hydrogen) atoms. The first-order valence-corrected chi connectivity index (χ1v) is 6.17. The normalized spacial score (nSPS) is 18.6. The number of hydrogen-bond donors (Lipinski definition) is 2. The van der Waals surface area contributed by atoms with Gasteiger partial charge in [0.15, 0.2) is 0 Å². The number of carbonyl (C=O) groups excluding carboxylic acids is 1. The van der Waals surface area contributed by atoms with Crippen LogP contribution in [0.5, 0.6) is 0 Å². The van der Waals surface area contributed by atoms with Gasteiger partial charge in [0, 0.05) is 39.3 Å². The highest BCUT2D eigenvalue weighted by molar-refractivity contribution is 5.77. The summed E-state index contributed by atoms with van der Waals surface area (Å²) in [5, 5.41) is 2.80. The zero-order valence-corrected chi connectivity index (χ0v) is 10.2. The first-order chi connectivity index (χ1) is 7.76. The third kappa shape index (κ3) is 4.92. The first kappa shape index (κ1) is 13.4. The van der Waals surface area contributed by atoms with Gasteiger partial charge in [0.25, 0.3) is 0 Å². The number of hydrogen-bond acceptors (Lipinski definition) is 4. The Kier molecular flexibility index (Phi) is 6.37. The van der Waals surface area contributed by atoms with E-state index < -0.39 is 0 Å². The van der Waals surface area contributed by atoms with Crippen LogP contribution in [0, 0.1) is 0 Å². The summed E-state index contributed by atoms with van der Waals surface area (Å²) in [6.07, 6.45) is 1.21. The van der Waals surface area contributed by atoms with E-state index in [1.165, 1.54) is 13.0 Å². The second-order valence-corrected chi connectivity index (χ2v) is 4.26. The summed E-state index contributed by atoms with van der Waals surface area (Å²) in [5.74, 6) is 0.0920. The Balaban J connectivity index is 2.14. The van der Waals surface area contributed by atoms with Crippen molar-refractivity contribution in [2.45, 2.75) is 13.3 Å². The van der Waals surface area contributed by atoms with Gasteiger partial charge in [-0.2, -0.15) is 0 Å². The van der Waals surface area contributed by atoms with Crippen LogP contribution in [-0.2, 0) is 4.79 Å². The van der Waals surface area contributed by atoms with Crippen LogP contribution in [0.15, 0.2) is 0 Å². The zero-order chi connectivity index (χ0) is 11.8. The summed E-state index contributed by atoms with van der Waals surface area (Å²) in [6, 6.07) is 0. The molecule has 3 N–H and O–H groups in total. The molecule has 0 aliphatic carbocycles. The standard InChI is InChI=1S/C11H24N4O/c1-2-5-14-6-8-15(9-7-14)10-11(16)13-4-3-12/h2-10,12H2,1H3,(H,13,16). The van der Waals surface area contributed by atoms with Gasteiger partial charge in [-0.15, -0.1) is 0 Å². The molecule has 0 spiro atoms. The summed E-state index contributed by atoms with van der Waals surface area (Å²) in [6.45, 7) is 9.13. The van der Waals surface area contributed by atoms with Crippen molar-refractivity contribution in [2.24, 2.45) is 5.73 Å². The van der Waals surface area contributed by atoms with Crippen LogP contribution in [-0.4, -0.2) is 68.1 Å². The molecule has 0 aromatic carbocycles. The Morgan fingerprint density at radius 2 is 1.88 bits per heavy atom. The lowest BCUT2D eigenvalue weighted by Crippen LogP contribution is -2.49. The second-order valence-electron chi connectivity index (χ2n) is 4.26. The highest BCUT2D eigenvalue weighted by Crippen LogP contribution is 2.01. The first-order valence-electron chi connectivity index (χ1n) is 6.17. The van der Waals surface area contributed by atoms with Gasteiger partial charge in [-0.3, -0.25) is 9.69 Å². The summed E-state index contributed by atoms with van der Waals surface area (Å²) in [4.78, 5) is 16.1. The summed E-state index contributed by atoms with van der Waals surface area (Å²) >= 11 is 0. The number of nitrogens with one attached hydrogen (secondary N) is 1. The molecule has 0 aromatic heterocycles. The molecule has 1 rings (SSSR count). The Morgan fingerprint density at radius 3 is 2.44 bits per heavy atom. The molecule has 0 aromatic rings. The molecule has 0 radical (unpaired) electrons. The van der Waals surface area contributed by atoms with E-state index >= 15 is 0 Å². The van der Waals surface area contributed by atoms with E-state index in [1.807, 2.05) is 0 Å². The maximum atomic E-state index is 11.5. The smallest absolute Gasteiger partial charge is 0.234 e. The van der Waals surface area contributed by atoms with Crippen LogP contribution < -0.4 is 11.1 Å². The van der Waals surface area contributed by atoms with E-state index in [9.17, 15) is 4.79 Å². The van der Waals surface area contributed by atoms with Gasteiger partial charge < -0.3 is 16.0 Å². The molecule has 0 unspecified atom stereocenters. The van der Waals surface area contributed by atoms with Gasteiger partial charge in [-0.05, 0) is 13.0 Å². The van der Waals surface area contributed by atoms with Crippen molar-refractivity contribution in [1.29, 1.82) is 0 Å². The van der Waals surface area contributed by atoms with Crippen LogP contribution in [0.3, 0.4) is 0 Å². The minimum absolute atomic E-state index is 0.0920. The summed E-state index contributed by atoms with van der Waals surface area (Å²) < 4.78 is 0. The number of nitrogens with zero attached hydrogens (tertiary/aromatic N) is 2. The van der Waals surface area contributed by atoms with Crippen LogP contribution in [0.1, 0.15) is 13.3 Å². The Morgan fingerprint density at radius 1 is 1.25 bits per heavy atom. The molecule has 0 bridgehead atoms. The van der Waals surface area contributed by atoms with Gasteiger partial charge in [-0.1, -0.05) is 6.92 Å². The van der Waals surface area contributed by atoms with Crippen molar-refractivity contribution >= 4 is 5.91 Å². The lowest BCUT2D eigenvalue weighted by molar-refractivity contribution is -0.122. The van der Waals surface area contributed by atoms with Crippen LogP contribution in [0.2, 0.25) is 0 Å². The third-order valence-corrected chi connectivity index (χ3v) is 2.84. The lowest BCUT2D eigenvalue weighted by Gasteiger charge is -2.34. The predicted molar refractivity (Wildman–Crippen MR) is 65.2 cm³/mol. The van der Waals surface area contributed by atoms with E-state index in [0.717, 1.165) is 26.2 Å². The Labute approximate surface area is 98.0 Å². The molecule has 0 saturated carbocycles. The average molecular weight is 228 g/mol. The predicted octanol–water partition coefficient (Wildman–Crippen LogP) is -0.911. The highest BCUT2D eigenvalue weighted by atomic mass is 16.2. The summed E-state index contributed by atoms with van der Waals surface area (Å²) in [7, 11) is 0. The van der Waals surface area contributed by atoms with Crippen molar-refractivity contribution < 1.29 is 4.79 Å². The van der Waals surface area contributed by atoms with E-state index in [1.54, 1.807) is 0 Å². The van der Waals surface area contributed by atoms with Crippen LogP contribution >= 0.6 is 0 Å². The largest absolute Gasteiger partial charge is 0.354 e. The Hall–Kier alpha value is -0.650. The number of amides is 1. The molecule has 0 atom stereocenters. The Bertz CT molecular complexity index is 202. The topological polar surface area (TPSA) is 61.6 Å². The van der Waals surface area contributed by atoms with Crippen molar-refractivity contribution in [3.05, 3.63) is 0 Å². The van der Waals surface area contributed by atoms with Crippen molar-refractivity contribution in [3.63, 3.8) is 0 Å². The molecule has 5 heteroatoms. The summed E-state index contributed by atoms with van der Waals surface area (Å²) in [5.41, 5.74) is 5.33. The highest BCUT2D eigenvalue weighted by Gasteiger charge is 2.17. The minimum Gasteiger partial charge on any atom is -0.354 e. The van der Waals surface area contributed by atoms with E-state index in [2.05, 4.69) is 22.0 Å². The van der Waals surface area contributed by atoms with E-state index in [4.69, 9.17) is 5.73 Å². The van der Waals surface area contributed by atoms with Crippen molar-refractivity contribution in [2.75, 3.05) is 52.4 Å². The van der Waals surface area contributed by atoms with Gasteiger partial charge in [0.2, 0.25) is 5.91 Å². The molecule has 1 heterocycles. The molecular formula is C11H24N4O. The maximum Gasteiger partial charge on any atom is 0.234 e. The lowest BCUT2D eigenvalue weighted by atomic mass is 10.3. The molecular weight excluding hydrogens is 204 g/mol. The average Bonchev–Trinajstić information content (AvgIpc) is 2.29. The fraction of sp³-hybridized carbons (Fsp3) is 0.909. The molecule has 1 amide bonds. The van der Waals surface area contributed by atoms with Crippen molar-refractivity contribution in [1.82, 2.24) is 15.1 Å². The maximum absolute atomic E-state index is 11.5. The number of rotatable bonds is 6. The van der Waals surface area contributed by atoms with Gasteiger partial charge in [0.1, 0.15) is 0 Å². The molecule has 5 nitrogen and oxygen atoms in total. The van der Waals surface area contributed by atoms with Crippen molar-refractivity contribution in [3.8, 4) is 0 Å². The number of carbonyl (C=O) groups is 1. The molecule has 1 aliphatic rings. The fourth-order valence-corrected chi connectivity index (χ4v) is 1.96. The van der Waals surface area contributed by atoms with E-state index in [-0.39, 0.29) is 5.91 Å². The minimum atomic E-state index is 0.0920. The van der Waals surface area contributed by atoms with Crippen LogP contribution in [0.25, 0.3) is 0 Å². The SMILES string of the molecule is CCCN1CCN(CC(=O)NCCN)CC1. The molecule has 1 aliphatic heterocycles. The number of nitrogens with two attached hydrogens (primary N) is 1. The molecule has 1 saturated heterocycles. The molecule has 94 valence electrons. The monoisotopic (exact) mass is 228 g/mol. The van der Waals surface area contributed by atoms with Gasteiger partial charge in [0.05, 0.1) is 6.54 Å². The van der Waals surface area contributed by atoms with E-state index in [0.29, 0.717) is 19.6 Å². The van der Waals surface area contributed by atoms with Gasteiger partial charge >= 0.3 is 0 Å². The quantitative estimate of drug-likeness (QED) is 0.618. The second kappa shape index (κ2) is 7.60. The molecule has 1 fully saturated rings. The third-order valence-electron chi connectivity index (χ3n) is 2.84. The van der Waals surface area contributed by atoms with Gasteiger partial charge in [-0.25, -0.2) is 0 Å².